The molecule has 1 aliphatic carbocycles. The summed E-state index contributed by atoms with van der Waals surface area (Å²) in [7, 11) is 7.73. The molecule has 0 spiro atoms. The Bertz CT molecular complexity index is 1390. The van der Waals surface area contributed by atoms with Gasteiger partial charge in [0, 0.05) is 32.1 Å². The molecule has 7 heteroatoms. The minimum absolute atomic E-state index is 0.0113. The highest BCUT2D eigenvalue weighted by Crippen LogP contribution is 2.36. The summed E-state index contributed by atoms with van der Waals surface area (Å²) >= 11 is 0. The molecule has 1 aliphatic rings. The molecule has 1 fully saturated rings. The molecule has 184 valence electrons. The second kappa shape index (κ2) is 9.84. The Morgan fingerprint density at radius 1 is 1.09 bits per heavy atom. The van der Waals surface area contributed by atoms with E-state index in [1.165, 1.54) is 0 Å². The van der Waals surface area contributed by atoms with Crippen LogP contribution in [0.3, 0.4) is 0 Å². The lowest BCUT2D eigenvalue weighted by atomic mass is 10.0. The fourth-order valence-electron chi connectivity index (χ4n) is 5.23. The third-order valence-corrected chi connectivity index (χ3v) is 7.18. The van der Waals surface area contributed by atoms with Gasteiger partial charge in [-0.05, 0) is 75.2 Å². The maximum absolute atomic E-state index is 13.3. The molecule has 1 saturated carbocycles. The molecule has 35 heavy (non-hydrogen) atoms. The summed E-state index contributed by atoms with van der Waals surface area (Å²) in [5.74, 6) is 0.878. The van der Waals surface area contributed by atoms with E-state index < -0.39 is 0 Å². The molecular formula is C28H34N4O3. The fourth-order valence-corrected chi connectivity index (χ4v) is 5.23. The van der Waals surface area contributed by atoms with Crippen LogP contribution < -0.4 is 10.4 Å². The van der Waals surface area contributed by atoms with Crippen molar-refractivity contribution in [3.8, 4) is 16.9 Å². The normalized spacial score (nSPS) is 18.2. The number of fused-ring (bicyclic) bond motifs is 3. The smallest absolute Gasteiger partial charge is 0.329 e. The van der Waals surface area contributed by atoms with Gasteiger partial charge >= 0.3 is 5.69 Å². The second-order valence-corrected chi connectivity index (χ2v) is 9.79. The molecule has 5 rings (SSSR count). The zero-order valence-electron chi connectivity index (χ0n) is 21.0. The number of aromatic nitrogens is 3. The van der Waals surface area contributed by atoms with E-state index in [0.29, 0.717) is 6.61 Å². The van der Waals surface area contributed by atoms with Crippen molar-refractivity contribution in [2.45, 2.75) is 37.8 Å². The highest BCUT2D eigenvalue weighted by Gasteiger charge is 2.29. The van der Waals surface area contributed by atoms with Gasteiger partial charge in [-0.3, -0.25) is 14.1 Å². The van der Waals surface area contributed by atoms with E-state index in [4.69, 9.17) is 9.47 Å². The third kappa shape index (κ3) is 4.58. The number of imidazole rings is 1. The molecule has 2 aromatic heterocycles. The zero-order valence-corrected chi connectivity index (χ0v) is 21.0. The molecule has 2 atom stereocenters. The van der Waals surface area contributed by atoms with Crippen molar-refractivity contribution in [3.63, 3.8) is 0 Å². The monoisotopic (exact) mass is 474 g/mol. The summed E-state index contributed by atoms with van der Waals surface area (Å²) in [6.45, 7) is 1.71. The molecule has 0 amide bonds. The number of pyridine rings is 1. The van der Waals surface area contributed by atoms with Crippen molar-refractivity contribution >= 4 is 21.9 Å². The van der Waals surface area contributed by atoms with Crippen LogP contribution in [-0.2, 0) is 11.8 Å². The van der Waals surface area contributed by atoms with E-state index in [1.54, 1.807) is 11.7 Å². The molecule has 7 nitrogen and oxygen atoms in total. The lowest BCUT2D eigenvalue weighted by Crippen LogP contribution is -2.25. The van der Waals surface area contributed by atoms with Gasteiger partial charge < -0.3 is 14.4 Å². The summed E-state index contributed by atoms with van der Waals surface area (Å²) in [4.78, 5) is 20.1. The minimum Gasteiger partial charge on any atom is -0.494 e. The number of rotatable bonds is 8. The van der Waals surface area contributed by atoms with Crippen LogP contribution in [0.4, 0.5) is 0 Å². The number of hydrogen-bond acceptors (Lipinski definition) is 5. The molecule has 0 bridgehead atoms. The van der Waals surface area contributed by atoms with Crippen LogP contribution in [0.15, 0.2) is 53.5 Å². The van der Waals surface area contributed by atoms with Gasteiger partial charge in [-0.2, -0.15) is 0 Å². The third-order valence-electron chi connectivity index (χ3n) is 7.18. The van der Waals surface area contributed by atoms with Gasteiger partial charge in [0.25, 0.3) is 0 Å². The maximum Gasteiger partial charge on any atom is 0.329 e. The number of nitrogens with zero attached hydrogens (tertiary/aromatic N) is 4. The van der Waals surface area contributed by atoms with Gasteiger partial charge in [0.1, 0.15) is 5.75 Å². The first-order chi connectivity index (χ1) is 17.0. The molecular weight excluding hydrogens is 440 g/mol. The Morgan fingerprint density at radius 3 is 2.57 bits per heavy atom. The summed E-state index contributed by atoms with van der Waals surface area (Å²) in [5, 5.41) is 1.00. The predicted molar refractivity (Wildman–Crippen MR) is 140 cm³/mol. The molecule has 0 N–H and O–H groups in total. The first-order valence-electron chi connectivity index (χ1n) is 12.4. The van der Waals surface area contributed by atoms with Gasteiger partial charge in [0.2, 0.25) is 0 Å². The van der Waals surface area contributed by atoms with Crippen molar-refractivity contribution in [1.29, 1.82) is 0 Å². The minimum atomic E-state index is 0.0113. The first-order valence-corrected chi connectivity index (χ1v) is 12.4. The van der Waals surface area contributed by atoms with Gasteiger partial charge in [0.05, 0.1) is 35.5 Å². The largest absolute Gasteiger partial charge is 0.494 e. The SMILES string of the molecule is CO[C@@H]1CC[C@H](n2c(=O)n(C)c3cnc4ccc(-c5ccc(OCCCN(C)C)cc5)cc4c32)C1. The lowest BCUT2D eigenvalue weighted by molar-refractivity contribution is 0.106. The van der Waals surface area contributed by atoms with Crippen molar-refractivity contribution in [1.82, 2.24) is 19.0 Å². The van der Waals surface area contributed by atoms with Gasteiger partial charge in [-0.25, -0.2) is 4.79 Å². The number of benzene rings is 2. The summed E-state index contributed by atoms with van der Waals surface area (Å²) < 4.78 is 15.2. The van der Waals surface area contributed by atoms with Crippen LogP contribution in [0.25, 0.3) is 33.1 Å². The van der Waals surface area contributed by atoms with Crippen LogP contribution >= 0.6 is 0 Å². The van der Waals surface area contributed by atoms with Crippen LogP contribution in [0.2, 0.25) is 0 Å². The quantitative estimate of drug-likeness (QED) is 0.349. The summed E-state index contributed by atoms with van der Waals surface area (Å²) in [6.07, 6.45) is 5.79. The van der Waals surface area contributed by atoms with E-state index in [0.717, 1.165) is 71.0 Å². The van der Waals surface area contributed by atoms with E-state index in [2.05, 4.69) is 48.2 Å². The van der Waals surface area contributed by atoms with Crippen molar-refractivity contribution in [3.05, 3.63) is 59.1 Å². The van der Waals surface area contributed by atoms with Gasteiger partial charge in [0.15, 0.2) is 0 Å². The lowest BCUT2D eigenvalue weighted by Gasteiger charge is -2.14. The first kappa shape index (κ1) is 23.6. The van der Waals surface area contributed by atoms with Crippen molar-refractivity contribution < 1.29 is 9.47 Å². The fraction of sp³-hybridized carbons (Fsp3) is 0.429. The van der Waals surface area contributed by atoms with E-state index in [9.17, 15) is 4.79 Å². The number of hydrogen-bond donors (Lipinski definition) is 0. The van der Waals surface area contributed by atoms with E-state index in [1.807, 2.05) is 36.0 Å². The van der Waals surface area contributed by atoms with Crippen LogP contribution in [0.1, 0.15) is 31.7 Å². The van der Waals surface area contributed by atoms with Crippen molar-refractivity contribution in [2.75, 3.05) is 34.4 Å². The molecule has 2 aromatic carbocycles. The molecule has 2 heterocycles. The standard InChI is InChI=1S/C28H34N4O3/c1-30(2)14-5-15-35-22-10-6-19(7-11-22)20-8-13-25-24(16-20)27-26(18-29-25)31(3)28(33)32(27)21-9-12-23(17-21)34-4/h6-8,10-11,13,16,18,21,23H,5,9,12,14-15,17H2,1-4H3/t21-,23+/m0/s1. The Balaban J connectivity index is 1.50. The average Bonchev–Trinajstić information content (AvgIpc) is 3.44. The molecule has 0 saturated heterocycles. The van der Waals surface area contributed by atoms with E-state index in [-0.39, 0.29) is 17.8 Å². The second-order valence-electron chi connectivity index (χ2n) is 9.79. The van der Waals surface area contributed by atoms with Gasteiger partial charge in [-0.15, -0.1) is 0 Å². The molecule has 0 aliphatic heterocycles. The summed E-state index contributed by atoms with van der Waals surface area (Å²) in [5.41, 5.74) is 4.93. The Hall–Kier alpha value is -3.16. The predicted octanol–water partition coefficient (Wildman–Crippen LogP) is 4.63. The van der Waals surface area contributed by atoms with Gasteiger partial charge in [-0.1, -0.05) is 18.2 Å². The average molecular weight is 475 g/mol. The van der Waals surface area contributed by atoms with Crippen LogP contribution in [-0.4, -0.2) is 59.5 Å². The zero-order chi connectivity index (χ0) is 24.5. The number of methoxy groups -OCH3 is 1. The molecule has 0 unspecified atom stereocenters. The Morgan fingerprint density at radius 2 is 1.86 bits per heavy atom. The number of aryl methyl sites for hydroxylation is 1. The number of ether oxygens (including phenoxy) is 2. The van der Waals surface area contributed by atoms with Crippen LogP contribution in [0.5, 0.6) is 5.75 Å². The highest BCUT2D eigenvalue weighted by molar-refractivity contribution is 6.04. The summed E-state index contributed by atoms with van der Waals surface area (Å²) in [6, 6.07) is 14.7. The molecule has 4 aromatic rings. The maximum atomic E-state index is 13.3. The molecule has 0 radical (unpaired) electrons. The highest BCUT2D eigenvalue weighted by atomic mass is 16.5. The topological polar surface area (TPSA) is 61.5 Å². The Kier molecular flexibility index (Phi) is 6.62. The Labute approximate surface area is 205 Å². The van der Waals surface area contributed by atoms with E-state index >= 15 is 0 Å². The van der Waals surface area contributed by atoms with Crippen LogP contribution in [0, 0.1) is 0 Å². The van der Waals surface area contributed by atoms with Crippen molar-refractivity contribution in [2.24, 2.45) is 7.05 Å².